The van der Waals surface area contributed by atoms with Gasteiger partial charge in [-0.15, -0.1) is 21.5 Å². The number of aromatic nitrogens is 3. The van der Waals surface area contributed by atoms with Crippen molar-refractivity contribution in [2.24, 2.45) is 5.92 Å². The Morgan fingerprint density at radius 1 is 1.12 bits per heavy atom. The zero-order chi connectivity index (χ0) is 30.2. The predicted octanol–water partition coefficient (Wildman–Crippen LogP) is 0.933. The molecule has 3 amide bonds. The van der Waals surface area contributed by atoms with Crippen LogP contribution in [0.3, 0.4) is 0 Å². The maximum absolute atomic E-state index is 13.0. The third-order valence-corrected chi connectivity index (χ3v) is 7.87. The Balaban J connectivity index is 1.43. The van der Waals surface area contributed by atoms with E-state index in [1.807, 2.05) is 20.2 Å². The van der Waals surface area contributed by atoms with Gasteiger partial charge < -0.3 is 30.5 Å². The minimum atomic E-state index is -2.00. The minimum absolute atomic E-state index is 0.0686. The summed E-state index contributed by atoms with van der Waals surface area (Å²) in [7, 11) is 22.2. The number of likely N-dealkylation sites (tertiary alicyclic amines) is 1. The maximum Gasteiger partial charge on any atom is 0.272 e. The highest BCUT2D eigenvalue weighted by Crippen LogP contribution is 2.40. The summed E-state index contributed by atoms with van der Waals surface area (Å²) in [5.74, 6) is -0.563. The fourth-order valence-electron chi connectivity index (χ4n) is 4.32. The molecular formula is C26H27B3N8O4S. The zero-order valence-electron chi connectivity index (χ0n) is 23.4. The molecule has 3 heterocycles. The number of anilines is 3. The van der Waals surface area contributed by atoms with E-state index >= 15 is 0 Å². The molecule has 0 atom stereocenters. The normalized spacial score (nSPS) is 15.2. The first kappa shape index (κ1) is 29.6. The summed E-state index contributed by atoms with van der Waals surface area (Å²) in [5.41, 5.74) is 1.08. The first-order valence-corrected chi connectivity index (χ1v) is 14.0. The quantitative estimate of drug-likeness (QED) is 0.299. The molecule has 5 rings (SSSR count). The van der Waals surface area contributed by atoms with Crippen molar-refractivity contribution >= 4 is 69.8 Å². The summed E-state index contributed by atoms with van der Waals surface area (Å²) in [6.07, 6.45) is 3.17. The molecule has 3 N–H and O–H groups in total. The van der Waals surface area contributed by atoms with E-state index in [0.717, 1.165) is 12.8 Å². The number of carbonyl (C=O) groups is 3. The number of carbonyl (C=O) groups excluding carboxylic acids is 3. The third-order valence-electron chi connectivity index (χ3n) is 6.85. The van der Waals surface area contributed by atoms with Crippen molar-refractivity contribution in [2.45, 2.75) is 24.1 Å². The number of hydrogen-bond donors (Lipinski definition) is 3. The Morgan fingerprint density at radius 2 is 1.86 bits per heavy atom. The summed E-state index contributed by atoms with van der Waals surface area (Å²) >= 11 is 1.26. The van der Waals surface area contributed by atoms with Crippen LogP contribution in [0.4, 0.5) is 17.2 Å². The number of benzene rings is 1. The van der Waals surface area contributed by atoms with E-state index in [1.54, 1.807) is 23.2 Å². The molecule has 0 bridgehead atoms. The highest BCUT2D eigenvalue weighted by molar-refractivity contribution is 7.17. The van der Waals surface area contributed by atoms with Gasteiger partial charge in [0.1, 0.15) is 9.88 Å². The molecule has 2 fully saturated rings. The van der Waals surface area contributed by atoms with Gasteiger partial charge in [0.15, 0.2) is 17.3 Å². The molecule has 1 saturated carbocycles. The number of para-hydroxylation sites is 1. The van der Waals surface area contributed by atoms with Crippen LogP contribution in [-0.4, -0.2) is 112 Å². The van der Waals surface area contributed by atoms with E-state index in [2.05, 4.69) is 36.0 Å². The van der Waals surface area contributed by atoms with Crippen LogP contribution in [0.1, 0.15) is 33.0 Å². The molecule has 1 aliphatic carbocycles. The Bertz CT molecular complexity index is 1520. The second-order valence-corrected chi connectivity index (χ2v) is 11.5. The lowest BCUT2D eigenvalue weighted by molar-refractivity contribution is -0.117. The molecule has 12 nitrogen and oxygen atoms in total. The number of rotatable bonds is 10. The Labute approximate surface area is 251 Å². The van der Waals surface area contributed by atoms with Gasteiger partial charge in [0.05, 0.1) is 53.8 Å². The monoisotopic (exact) mass is 580 g/mol. The smallest absolute Gasteiger partial charge is 0.272 e. The summed E-state index contributed by atoms with van der Waals surface area (Å²) in [6.45, 7) is 1.33. The predicted molar refractivity (Wildman–Crippen MR) is 162 cm³/mol. The first-order chi connectivity index (χ1) is 19.9. The van der Waals surface area contributed by atoms with Gasteiger partial charge in [0.25, 0.3) is 11.8 Å². The van der Waals surface area contributed by atoms with E-state index in [4.69, 9.17) is 28.3 Å². The highest BCUT2D eigenvalue weighted by atomic mass is 32.1. The van der Waals surface area contributed by atoms with E-state index in [9.17, 15) is 14.4 Å². The number of hydrogen-bond acceptors (Lipinski definition) is 10. The summed E-state index contributed by atoms with van der Waals surface area (Å²) in [5, 5.41) is 14.6. The van der Waals surface area contributed by atoms with Crippen molar-refractivity contribution in [2.75, 3.05) is 44.9 Å². The Kier molecular flexibility index (Phi) is 8.29. The SMILES string of the molecule is [B]C([B])([B])NC(=O)c1nnc(NC(=O)C2CC2)cc1Nc1cccc(-c2ncc(C(=O)N3CC(N(C)C)C3)s2)c1OC. The molecule has 6 radical (unpaired) electrons. The highest BCUT2D eigenvalue weighted by Gasteiger charge is 2.34. The molecule has 1 saturated heterocycles. The largest absolute Gasteiger partial charge is 0.494 e. The average Bonchev–Trinajstić information content (AvgIpc) is 3.63. The Morgan fingerprint density at radius 3 is 2.50 bits per heavy atom. The van der Waals surface area contributed by atoms with Gasteiger partial charge in [0, 0.05) is 31.1 Å². The van der Waals surface area contributed by atoms with Gasteiger partial charge in [-0.3, -0.25) is 14.4 Å². The number of nitrogens with zero attached hydrogens (tertiary/aromatic N) is 5. The van der Waals surface area contributed by atoms with Gasteiger partial charge in [-0.1, -0.05) is 11.3 Å². The molecule has 1 aliphatic heterocycles. The molecule has 2 aliphatic rings. The first-order valence-electron chi connectivity index (χ1n) is 13.2. The van der Waals surface area contributed by atoms with Gasteiger partial charge in [0.2, 0.25) is 5.91 Å². The Hall–Kier alpha value is -3.91. The second kappa shape index (κ2) is 11.8. The molecule has 42 heavy (non-hydrogen) atoms. The van der Waals surface area contributed by atoms with Crippen molar-refractivity contribution in [3.63, 3.8) is 0 Å². The lowest BCUT2D eigenvalue weighted by Gasteiger charge is -2.42. The van der Waals surface area contributed by atoms with Crippen LogP contribution < -0.4 is 20.7 Å². The second-order valence-electron chi connectivity index (χ2n) is 10.5. The van der Waals surface area contributed by atoms with Gasteiger partial charge in [-0.2, -0.15) is 0 Å². The van der Waals surface area contributed by atoms with Crippen LogP contribution in [0.5, 0.6) is 5.75 Å². The van der Waals surface area contributed by atoms with Crippen molar-refractivity contribution in [1.82, 2.24) is 30.3 Å². The maximum atomic E-state index is 13.0. The molecule has 3 aromatic rings. The molecule has 210 valence electrons. The summed E-state index contributed by atoms with van der Waals surface area (Å²) < 4.78 is 5.75. The van der Waals surface area contributed by atoms with Crippen LogP contribution in [0.2, 0.25) is 0 Å². The number of methoxy groups -OCH3 is 1. The van der Waals surface area contributed by atoms with E-state index in [-0.39, 0.29) is 34.9 Å². The molecule has 1 aromatic carbocycles. The van der Waals surface area contributed by atoms with Crippen molar-refractivity contribution in [3.05, 3.63) is 41.0 Å². The van der Waals surface area contributed by atoms with Crippen LogP contribution in [0.15, 0.2) is 30.5 Å². The van der Waals surface area contributed by atoms with E-state index in [1.165, 1.54) is 24.5 Å². The van der Waals surface area contributed by atoms with Crippen LogP contribution in [0.25, 0.3) is 10.6 Å². The van der Waals surface area contributed by atoms with E-state index < -0.39 is 11.1 Å². The van der Waals surface area contributed by atoms with Crippen LogP contribution in [0, 0.1) is 5.92 Å². The fourth-order valence-corrected chi connectivity index (χ4v) is 5.22. The number of likely N-dealkylation sites (N-methyl/N-ethyl adjacent to an activating group) is 1. The molecule has 0 unspecified atom stereocenters. The summed E-state index contributed by atoms with van der Waals surface area (Å²) in [4.78, 5) is 47.1. The molecule has 2 aromatic heterocycles. The fraction of sp³-hybridized carbons (Fsp3) is 0.385. The van der Waals surface area contributed by atoms with Crippen molar-refractivity contribution in [1.29, 1.82) is 0 Å². The number of amides is 3. The topological polar surface area (TPSA) is 142 Å². The zero-order valence-corrected chi connectivity index (χ0v) is 24.2. The number of thiazole rings is 1. The van der Waals surface area contributed by atoms with Gasteiger partial charge in [-0.25, -0.2) is 4.98 Å². The van der Waals surface area contributed by atoms with Crippen LogP contribution in [-0.2, 0) is 4.79 Å². The number of ether oxygens (including phenoxy) is 1. The molecular weight excluding hydrogens is 553 g/mol. The lowest BCUT2D eigenvalue weighted by atomic mass is 9.49. The van der Waals surface area contributed by atoms with E-state index in [0.29, 0.717) is 46.0 Å². The molecule has 0 spiro atoms. The number of nitrogens with one attached hydrogen (secondary N) is 3. The molecule has 16 heteroatoms. The van der Waals surface area contributed by atoms with Crippen molar-refractivity contribution in [3.8, 4) is 16.3 Å². The average molecular weight is 580 g/mol. The van der Waals surface area contributed by atoms with Gasteiger partial charge >= 0.3 is 0 Å². The van der Waals surface area contributed by atoms with Crippen molar-refractivity contribution < 1.29 is 19.1 Å². The standard InChI is InChI=1S/C26H27B3N8O4S/c1-36(2)14-11-37(12-14)25(40)18-10-30-24(42-18)15-5-4-6-16(21(15)41-3)31-17-9-19(32-22(38)13-7-8-13)34-35-20(17)23(39)33-26(27,28)29/h4-6,9-10,13-14H,7-8,11-12H2,1-3H3,(H,33,39)(H2,31,32,34,38). The van der Waals surface area contributed by atoms with Gasteiger partial charge in [-0.05, 0) is 39.1 Å². The van der Waals surface area contributed by atoms with Crippen LogP contribution >= 0.6 is 11.3 Å². The minimum Gasteiger partial charge on any atom is -0.494 e. The lowest BCUT2D eigenvalue weighted by Crippen LogP contribution is -2.59. The third kappa shape index (κ3) is 6.60. The summed E-state index contributed by atoms with van der Waals surface area (Å²) in [6, 6.07) is 7.13.